The number of aryl methyl sites for hydroxylation is 2. The number of benzene rings is 3. The predicted molar refractivity (Wildman–Crippen MR) is 120 cm³/mol. The van der Waals surface area contributed by atoms with Crippen molar-refractivity contribution < 1.29 is 13.2 Å². The van der Waals surface area contributed by atoms with Gasteiger partial charge in [0.05, 0.1) is 10.6 Å². The minimum Gasteiger partial charge on any atom is -0.324 e. The molecule has 0 saturated carbocycles. The van der Waals surface area contributed by atoms with Gasteiger partial charge < -0.3 is 5.32 Å². The number of nitrogens with zero attached hydrogens (tertiary/aromatic N) is 1. The molecule has 1 N–H and O–H groups in total. The molecule has 5 nitrogen and oxygen atoms in total. The minimum absolute atomic E-state index is 0.227. The SMILES string of the molecule is CCc1ccc2c(c1)-c1ccccc1S(=O)(=O)N2CC(=O)Nc1cccc(C)c1C. The molecule has 0 atom stereocenters. The van der Waals surface area contributed by atoms with Crippen molar-refractivity contribution in [3.8, 4) is 11.1 Å². The molecule has 0 spiro atoms. The van der Waals surface area contributed by atoms with E-state index in [1.807, 2.05) is 56.3 Å². The molecular weight excluding hydrogens is 396 g/mol. The summed E-state index contributed by atoms with van der Waals surface area (Å²) in [5.41, 5.74) is 5.87. The highest BCUT2D eigenvalue weighted by molar-refractivity contribution is 7.93. The van der Waals surface area contributed by atoms with E-state index in [0.717, 1.165) is 28.7 Å². The number of anilines is 2. The van der Waals surface area contributed by atoms with Crippen molar-refractivity contribution in [1.82, 2.24) is 0 Å². The highest BCUT2D eigenvalue weighted by atomic mass is 32.2. The van der Waals surface area contributed by atoms with Crippen molar-refractivity contribution in [1.29, 1.82) is 0 Å². The first-order chi connectivity index (χ1) is 14.3. The van der Waals surface area contributed by atoms with E-state index in [-0.39, 0.29) is 17.3 Å². The fraction of sp³-hybridized carbons (Fsp3) is 0.208. The first-order valence-electron chi connectivity index (χ1n) is 9.94. The van der Waals surface area contributed by atoms with Crippen LogP contribution in [0.15, 0.2) is 65.6 Å². The van der Waals surface area contributed by atoms with Gasteiger partial charge in [-0.1, -0.05) is 43.3 Å². The summed E-state index contributed by atoms with van der Waals surface area (Å²) in [5.74, 6) is -0.378. The van der Waals surface area contributed by atoms with Gasteiger partial charge in [0.2, 0.25) is 5.91 Å². The second-order valence-corrected chi connectivity index (χ2v) is 9.34. The molecule has 154 valence electrons. The number of hydrogen-bond acceptors (Lipinski definition) is 3. The Kier molecular flexibility index (Phi) is 5.12. The molecule has 30 heavy (non-hydrogen) atoms. The van der Waals surface area contributed by atoms with E-state index in [4.69, 9.17) is 0 Å². The molecule has 0 saturated heterocycles. The van der Waals surface area contributed by atoms with Crippen LogP contribution in [0.3, 0.4) is 0 Å². The van der Waals surface area contributed by atoms with Gasteiger partial charge in [0.15, 0.2) is 0 Å². The number of hydrogen-bond donors (Lipinski definition) is 1. The van der Waals surface area contributed by atoms with Crippen LogP contribution in [0.1, 0.15) is 23.6 Å². The zero-order chi connectivity index (χ0) is 21.5. The van der Waals surface area contributed by atoms with Crippen molar-refractivity contribution >= 4 is 27.3 Å². The normalized spacial score (nSPS) is 14.0. The van der Waals surface area contributed by atoms with Crippen LogP contribution in [0, 0.1) is 13.8 Å². The van der Waals surface area contributed by atoms with Crippen LogP contribution in [0.5, 0.6) is 0 Å². The highest BCUT2D eigenvalue weighted by Crippen LogP contribution is 2.43. The quantitative estimate of drug-likeness (QED) is 0.666. The van der Waals surface area contributed by atoms with E-state index in [1.54, 1.807) is 18.2 Å². The Bertz CT molecular complexity index is 1250. The molecule has 1 heterocycles. The fourth-order valence-electron chi connectivity index (χ4n) is 3.78. The highest BCUT2D eigenvalue weighted by Gasteiger charge is 2.36. The number of sulfonamides is 1. The monoisotopic (exact) mass is 420 g/mol. The summed E-state index contributed by atoms with van der Waals surface area (Å²) in [6.45, 7) is 5.67. The Balaban J connectivity index is 1.75. The van der Waals surface area contributed by atoms with Gasteiger partial charge in [-0.3, -0.25) is 9.10 Å². The predicted octanol–water partition coefficient (Wildman–Crippen LogP) is 4.68. The van der Waals surface area contributed by atoms with Gasteiger partial charge in [-0.05, 0) is 61.2 Å². The van der Waals surface area contributed by atoms with E-state index in [2.05, 4.69) is 12.2 Å². The Labute approximate surface area is 177 Å². The van der Waals surface area contributed by atoms with Crippen LogP contribution >= 0.6 is 0 Å². The Morgan fingerprint density at radius 2 is 1.73 bits per heavy atom. The van der Waals surface area contributed by atoms with E-state index in [9.17, 15) is 13.2 Å². The molecule has 3 aromatic carbocycles. The van der Waals surface area contributed by atoms with Crippen LogP contribution in [0.25, 0.3) is 11.1 Å². The van der Waals surface area contributed by atoms with Crippen LogP contribution in [-0.2, 0) is 21.2 Å². The Hall–Kier alpha value is -3.12. The third kappa shape index (κ3) is 3.37. The molecule has 6 heteroatoms. The molecule has 4 rings (SSSR count). The maximum Gasteiger partial charge on any atom is 0.265 e. The number of carbonyl (C=O) groups is 1. The Morgan fingerprint density at radius 3 is 2.50 bits per heavy atom. The molecule has 0 aliphatic carbocycles. The summed E-state index contributed by atoms with van der Waals surface area (Å²) < 4.78 is 28.0. The van der Waals surface area contributed by atoms with Gasteiger partial charge >= 0.3 is 0 Å². The lowest BCUT2D eigenvalue weighted by Gasteiger charge is -2.32. The van der Waals surface area contributed by atoms with Crippen LogP contribution in [-0.4, -0.2) is 20.9 Å². The van der Waals surface area contributed by atoms with Crippen molar-refractivity contribution in [2.24, 2.45) is 0 Å². The molecular formula is C24H24N2O3S. The van der Waals surface area contributed by atoms with Gasteiger partial charge in [-0.25, -0.2) is 8.42 Å². The topological polar surface area (TPSA) is 66.5 Å². The molecule has 0 aromatic heterocycles. The van der Waals surface area contributed by atoms with Gasteiger partial charge in [-0.2, -0.15) is 0 Å². The zero-order valence-corrected chi connectivity index (χ0v) is 18.1. The summed E-state index contributed by atoms with van der Waals surface area (Å²) in [7, 11) is -3.85. The Morgan fingerprint density at radius 1 is 0.967 bits per heavy atom. The average molecular weight is 421 g/mol. The molecule has 0 fully saturated rings. The van der Waals surface area contributed by atoms with Crippen molar-refractivity contribution in [2.45, 2.75) is 32.1 Å². The first kappa shape index (κ1) is 20.2. The second-order valence-electron chi connectivity index (χ2n) is 7.51. The second kappa shape index (κ2) is 7.61. The minimum atomic E-state index is -3.85. The van der Waals surface area contributed by atoms with E-state index in [1.165, 1.54) is 4.31 Å². The van der Waals surface area contributed by atoms with E-state index in [0.29, 0.717) is 16.9 Å². The van der Waals surface area contributed by atoms with Crippen LogP contribution in [0.4, 0.5) is 11.4 Å². The molecule has 3 aromatic rings. The molecule has 0 unspecified atom stereocenters. The van der Waals surface area contributed by atoms with Gasteiger partial charge in [-0.15, -0.1) is 0 Å². The van der Waals surface area contributed by atoms with Gasteiger partial charge in [0.25, 0.3) is 10.0 Å². The number of carbonyl (C=O) groups excluding carboxylic acids is 1. The smallest absolute Gasteiger partial charge is 0.265 e. The van der Waals surface area contributed by atoms with Crippen LogP contribution in [0.2, 0.25) is 0 Å². The standard InChI is InChI=1S/C24H24N2O3S/c1-4-18-12-13-22-20(14-18)19-9-5-6-11-23(19)30(28,29)26(22)15-24(27)25-21-10-7-8-16(2)17(21)3/h5-14H,4,15H2,1-3H3,(H,25,27). The van der Waals surface area contributed by atoms with Gasteiger partial charge in [0, 0.05) is 16.8 Å². The number of fused-ring (bicyclic) bond motifs is 3. The number of amides is 1. The fourth-order valence-corrected chi connectivity index (χ4v) is 5.42. The lowest BCUT2D eigenvalue weighted by molar-refractivity contribution is -0.114. The third-order valence-electron chi connectivity index (χ3n) is 5.65. The summed E-state index contributed by atoms with van der Waals surface area (Å²) in [6.07, 6.45) is 0.843. The summed E-state index contributed by atoms with van der Waals surface area (Å²) in [4.78, 5) is 13.1. The number of nitrogens with one attached hydrogen (secondary N) is 1. The van der Waals surface area contributed by atoms with Crippen molar-refractivity contribution in [3.05, 3.63) is 77.4 Å². The third-order valence-corrected chi connectivity index (χ3v) is 7.47. The van der Waals surface area contributed by atoms with Gasteiger partial charge in [0.1, 0.15) is 6.54 Å². The maximum absolute atomic E-state index is 13.4. The summed E-state index contributed by atoms with van der Waals surface area (Å²) in [6, 6.07) is 18.3. The lowest BCUT2D eigenvalue weighted by atomic mass is 9.99. The van der Waals surface area contributed by atoms with Crippen molar-refractivity contribution in [3.63, 3.8) is 0 Å². The molecule has 0 radical (unpaired) electrons. The molecule has 0 bridgehead atoms. The van der Waals surface area contributed by atoms with Crippen LogP contribution < -0.4 is 9.62 Å². The van der Waals surface area contributed by atoms with E-state index < -0.39 is 10.0 Å². The molecule has 1 aliphatic rings. The summed E-state index contributed by atoms with van der Waals surface area (Å²) >= 11 is 0. The first-order valence-corrected chi connectivity index (χ1v) is 11.4. The summed E-state index contributed by atoms with van der Waals surface area (Å²) in [5, 5.41) is 2.87. The maximum atomic E-state index is 13.4. The average Bonchev–Trinajstić information content (AvgIpc) is 2.74. The number of rotatable bonds is 4. The molecule has 1 aliphatic heterocycles. The zero-order valence-electron chi connectivity index (χ0n) is 17.3. The largest absolute Gasteiger partial charge is 0.324 e. The lowest BCUT2D eigenvalue weighted by Crippen LogP contribution is -2.40. The van der Waals surface area contributed by atoms with E-state index >= 15 is 0 Å². The molecule has 1 amide bonds. The van der Waals surface area contributed by atoms with Crippen molar-refractivity contribution in [2.75, 3.05) is 16.2 Å².